The van der Waals surface area contributed by atoms with Gasteiger partial charge in [-0.2, -0.15) is 0 Å². The molecule has 2 rings (SSSR count). The Morgan fingerprint density at radius 1 is 1.43 bits per heavy atom. The van der Waals surface area contributed by atoms with Gasteiger partial charge < -0.3 is 0 Å². The molecule has 0 atom stereocenters. The predicted octanol–water partition coefficient (Wildman–Crippen LogP) is 1.03. The van der Waals surface area contributed by atoms with Crippen molar-refractivity contribution in [3.05, 3.63) is 66.2 Å². The fourth-order valence-corrected chi connectivity index (χ4v) is 2.01. The van der Waals surface area contributed by atoms with Crippen LogP contribution in [0, 0.1) is 10.1 Å². The fraction of sp³-hybridized carbons (Fsp3) is 0.250. The largest absolute Gasteiger partial charge is 0.350 e. The molecule has 0 aromatic carbocycles. The van der Waals surface area contributed by atoms with Gasteiger partial charge in [0.05, 0.1) is 23.4 Å². The van der Waals surface area contributed by atoms with Crippen LogP contribution in [0.1, 0.15) is 12.6 Å². The molecule has 2 aromatic heterocycles. The fourth-order valence-electron chi connectivity index (χ4n) is 1.83. The summed E-state index contributed by atoms with van der Waals surface area (Å²) in [7, 11) is 0. The van der Waals surface area contributed by atoms with E-state index in [0.717, 1.165) is 15.3 Å². The molecule has 0 unspecified atom stereocenters. The first kappa shape index (κ1) is 14.9. The van der Waals surface area contributed by atoms with Gasteiger partial charge in [-0.25, -0.2) is 9.36 Å². The summed E-state index contributed by atoms with van der Waals surface area (Å²) in [5.41, 5.74) is -1.88. The Hall–Kier alpha value is -2.48. The van der Waals surface area contributed by atoms with Crippen molar-refractivity contribution in [1.82, 2.24) is 14.1 Å². The maximum Gasteiger partial charge on any atom is 0.350 e. The zero-order valence-corrected chi connectivity index (χ0v) is 11.8. The van der Waals surface area contributed by atoms with Crippen molar-refractivity contribution in [1.29, 1.82) is 0 Å². The molecule has 0 N–H and O–H groups in total. The van der Waals surface area contributed by atoms with E-state index in [2.05, 4.69) is 4.98 Å². The van der Waals surface area contributed by atoms with Crippen molar-refractivity contribution in [2.24, 2.45) is 0 Å². The van der Waals surface area contributed by atoms with Crippen LogP contribution < -0.4 is 11.2 Å². The zero-order valence-electron chi connectivity index (χ0n) is 11.0. The van der Waals surface area contributed by atoms with Gasteiger partial charge >= 0.3 is 16.9 Å². The second-order valence-electron chi connectivity index (χ2n) is 4.20. The number of nitrogens with zero attached hydrogens (tertiary/aromatic N) is 4. The quantitative estimate of drug-likeness (QED) is 0.620. The normalized spacial score (nSPS) is 10.6. The summed E-state index contributed by atoms with van der Waals surface area (Å²) < 4.78 is 1.88. The Labute approximate surface area is 123 Å². The molecule has 0 aliphatic rings. The third-order valence-corrected chi connectivity index (χ3v) is 3.09. The Morgan fingerprint density at radius 2 is 2.14 bits per heavy atom. The van der Waals surface area contributed by atoms with Crippen molar-refractivity contribution in [3.8, 4) is 0 Å². The molecule has 0 bridgehead atoms. The average Bonchev–Trinajstić information content (AvgIpc) is 2.43. The highest BCUT2D eigenvalue weighted by Crippen LogP contribution is 2.08. The molecule has 0 radical (unpaired) electrons. The molecule has 110 valence electrons. The standard InChI is InChI=1S/C12H11ClN4O4/c1-2-15-7-10(17(20)21)11(18)16(12(15)19)6-9-5-8(13)3-4-14-9/h3-5,7H,2,6H2,1H3. The minimum Gasteiger partial charge on any atom is -0.294 e. The van der Waals surface area contributed by atoms with Gasteiger partial charge in [-0.3, -0.25) is 24.5 Å². The van der Waals surface area contributed by atoms with E-state index in [1.165, 1.54) is 12.3 Å². The van der Waals surface area contributed by atoms with Gasteiger partial charge in [-0.15, -0.1) is 0 Å². The Bertz CT molecular complexity index is 812. The lowest BCUT2D eigenvalue weighted by atomic mass is 10.3. The molecule has 2 heterocycles. The molecule has 0 saturated carbocycles. The van der Waals surface area contributed by atoms with Crippen LogP contribution in [0.25, 0.3) is 0 Å². The van der Waals surface area contributed by atoms with Crippen molar-refractivity contribution in [3.63, 3.8) is 0 Å². The summed E-state index contributed by atoms with van der Waals surface area (Å²) >= 11 is 5.81. The number of rotatable bonds is 4. The Kier molecular flexibility index (Phi) is 4.18. The molecule has 21 heavy (non-hydrogen) atoms. The third-order valence-electron chi connectivity index (χ3n) is 2.86. The maximum absolute atomic E-state index is 12.1. The predicted molar refractivity (Wildman–Crippen MR) is 75.6 cm³/mol. The van der Waals surface area contributed by atoms with Gasteiger partial charge in [0.1, 0.15) is 0 Å². The van der Waals surface area contributed by atoms with Crippen LogP contribution in [-0.4, -0.2) is 19.0 Å². The lowest BCUT2D eigenvalue weighted by molar-refractivity contribution is -0.387. The molecule has 8 nitrogen and oxygen atoms in total. The van der Waals surface area contributed by atoms with Crippen LogP contribution in [-0.2, 0) is 13.1 Å². The van der Waals surface area contributed by atoms with Gasteiger partial charge in [0.15, 0.2) is 0 Å². The highest BCUT2D eigenvalue weighted by atomic mass is 35.5. The molecule has 0 fully saturated rings. The molecule has 0 spiro atoms. The summed E-state index contributed by atoms with van der Waals surface area (Å²) in [5.74, 6) is 0. The van der Waals surface area contributed by atoms with E-state index < -0.39 is 21.9 Å². The SMILES string of the molecule is CCn1cc([N+](=O)[O-])c(=O)n(Cc2cc(Cl)ccn2)c1=O. The molecule has 9 heteroatoms. The van der Waals surface area contributed by atoms with E-state index in [9.17, 15) is 19.7 Å². The van der Waals surface area contributed by atoms with E-state index in [-0.39, 0.29) is 13.1 Å². The number of hydrogen-bond donors (Lipinski definition) is 0. The summed E-state index contributed by atoms with van der Waals surface area (Å²) in [6.45, 7) is 1.68. The van der Waals surface area contributed by atoms with Crippen molar-refractivity contribution < 1.29 is 4.92 Å². The van der Waals surface area contributed by atoms with Gasteiger partial charge in [0.25, 0.3) is 0 Å². The summed E-state index contributed by atoms with van der Waals surface area (Å²) in [5, 5.41) is 11.3. The van der Waals surface area contributed by atoms with Gasteiger partial charge in [-0.1, -0.05) is 11.6 Å². The van der Waals surface area contributed by atoms with Crippen LogP contribution in [0.15, 0.2) is 34.1 Å². The lowest BCUT2D eigenvalue weighted by Gasteiger charge is -2.08. The highest BCUT2D eigenvalue weighted by Gasteiger charge is 2.19. The van der Waals surface area contributed by atoms with Crippen LogP contribution in [0.4, 0.5) is 5.69 Å². The van der Waals surface area contributed by atoms with Crippen molar-refractivity contribution >= 4 is 17.3 Å². The van der Waals surface area contributed by atoms with E-state index in [4.69, 9.17) is 11.6 Å². The van der Waals surface area contributed by atoms with E-state index in [1.54, 1.807) is 13.0 Å². The van der Waals surface area contributed by atoms with Crippen LogP contribution in [0.2, 0.25) is 5.02 Å². The van der Waals surface area contributed by atoms with E-state index >= 15 is 0 Å². The molecule has 0 amide bonds. The molecule has 2 aromatic rings. The summed E-state index contributed by atoms with van der Waals surface area (Å²) in [6.07, 6.45) is 2.38. The highest BCUT2D eigenvalue weighted by molar-refractivity contribution is 6.30. The zero-order chi connectivity index (χ0) is 15.6. The van der Waals surface area contributed by atoms with Gasteiger partial charge in [-0.05, 0) is 19.1 Å². The number of pyridine rings is 1. The molecular weight excluding hydrogens is 300 g/mol. The van der Waals surface area contributed by atoms with Crippen LogP contribution >= 0.6 is 11.6 Å². The Morgan fingerprint density at radius 3 is 2.71 bits per heavy atom. The molecule has 0 aliphatic carbocycles. The first-order valence-electron chi connectivity index (χ1n) is 6.03. The minimum absolute atomic E-state index is 0.181. The topological polar surface area (TPSA) is 100 Å². The summed E-state index contributed by atoms with van der Waals surface area (Å²) in [6, 6.07) is 3.04. The third kappa shape index (κ3) is 3.00. The number of halogens is 1. The smallest absolute Gasteiger partial charge is 0.294 e. The minimum atomic E-state index is -0.962. The lowest BCUT2D eigenvalue weighted by Crippen LogP contribution is -2.40. The number of hydrogen-bond acceptors (Lipinski definition) is 5. The molecule has 0 aliphatic heterocycles. The van der Waals surface area contributed by atoms with Crippen molar-refractivity contribution in [2.45, 2.75) is 20.0 Å². The second kappa shape index (κ2) is 5.88. The van der Waals surface area contributed by atoms with Crippen LogP contribution in [0.3, 0.4) is 0 Å². The summed E-state index contributed by atoms with van der Waals surface area (Å²) in [4.78, 5) is 38.2. The second-order valence-corrected chi connectivity index (χ2v) is 4.63. The number of aromatic nitrogens is 3. The van der Waals surface area contributed by atoms with Gasteiger partial charge in [0.2, 0.25) is 0 Å². The molecular formula is C12H11ClN4O4. The van der Waals surface area contributed by atoms with E-state index in [1.807, 2.05) is 0 Å². The number of aryl methyl sites for hydroxylation is 1. The van der Waals surface area contributed by atoms with Gasteiger partial charge in [0, 0.05) is 17.8 Å². The first-order valence-corrected chi connectivity index (χ1v) is 6.41. The van der Waals surface area contributed by atoms with E-state index in [0.29, 0.717) is 10.7 Å². The molecule has 0 saturated heterocycles. The van der Waals surface area contributed by atoms with Crippen molar-refractivity contribution in [2.75, 3.05) is 0 Å². The maximum atomic E-state index is 12.1. The monoisotopic (exact) mass is 310 g/mol. The first-order chi connectivity index (χ1) is 9.93. The van der Waals surface area contributed by atoms with Crippen LogP contribution in [0.5, 0.6) is 0 Å². The average molecular weight is 311 g/mol. The number of nitro groups is 1. The Balaban J connectivity index is 2.62.